The molecule has 3 amide bonds. The van der Waals surface area contributed by atoms with Gasteiger partial charge >= 0.3 is 12.1 Å². The molecule has 1 saturated carbocycles. The second kappa shape index (κ2) is 14.8. The quantitative estimate of drug-likeness (QED) is 0.0736. The maximum Gasteiger partial charge on any atom is 0.415 e. The molecule has 252 valence electrons. The van der Waals surface area contributed by atoms with Crippen LogP contribution >= 0.6 is 0 Å². The van der Waals surface area contributed by atoms with Crippen molar-refractivity contribution in [3.05, 3.63) is 23.3 Å². The Morgan fingerprint density at radius 1 is 1.26 bits per heavy atom. The number of aromatic hydroxyl groups is 1. The molecule has 1 aliphatic heterocycles. The lowest BCUT2D eigenvalue weighted by atomic mass is 9.52. The summed E-state index contributed by atoms with van der Waals surface area (Å²) in [5.74, 6) is -2.49. The first-order valence-corrected chi connectivity index (χ1v) is 15.7. The van der Waals surface area contributed by atoms with E-state index < -0.39 is 41.8 Å². The number of likely N-dealkylation sites (N-methyl/N-ethyl adjacent to an activating group) is 2. The molecule has 2 fully saturated rings. The molecule has 1 unspecified atom stereocenters. The summed E-state index contributed by atoms with van der Waals surface area (Å²) in [6, 6.07) is 2.72. The number of hydrogen-bond donors (Lipinski definition) is 6. The van der Waals surface area contributed by atoms with Gasteiger partial charge in [-0.05, 0) is 70.2 Å². The molecule has 4 atom stereocenters. The number of ketones is 1. The number of nitrogens with two attached hydrogens (primary N) is 2. The molecule has 1 heterocycles. The van der Waals surface area contributed by atoms with E-state index in [1.807, 2.05) is 6.07 Å². The average molecular weight is 644 g/mol. The van der Waals surface area contributed by atoms with Crippen LogP contribution in [-0.4, -0.2) is 107 Å². The molecule has 0 radical (unpaired) electrons. The number of aliphatic carboxylic acids is 1. The summed E-state index contributed by atoms with van der Waals surface area (Å²) in [7, 11) is 2.11. The van der Waals surface area contributed by atoms with E-state index in [0.29, 0.717) is 19.3 Å². The van der Waals surface area contributed by atoms with E-state index >= 15 is 0 Å². The third-order valence-corrected chi connectivity index (χ3v) is 9.48. The number of phenols is 1. The van der Waals surface area contributed by atoms with Gasteiger partial charge < -0.3 is 46.9 Å². The van der Waals surface area contributed by atoms with Crippen molar-refractivity contribution in [2.45, 2.75) is 75.8 Å². The first kappa shape index (κ1) is 34.5. The largest absolute Gasteiger partial charge is 0.504 e. The van der Waals surface area contributed by atoms with E-state index in [1.54, 1.807) is 13.0 Å². The van der Waals surface area contributed by atoms with Crippen LogP contribution in [0.1, 0.15) is 63.0 Å². The minimum absolute atomic E-state index is 0.0129. The number of carboxylic acids is 1. The van der Waals surface area contributed by atoms with E-state index in [-0.39, 0.29) is 67.8 Å². The molecule has 1 aromatic carbocycles. The Balaban J connectivity index is 1.40. The van der Waals surface area contributed by atoms with Crippen LogP contribution in [0.3, 0.4) is 0 Å². The Hall–Kier alpha value is -4.40. The van der Waals surface area contributed by atoms with Gasteiger partial charge in [0.25, 0.3) is 0 Å². The number of benzene rings is 1. The van der Waals surface area contributed by atoms with Crippen LogP contribution in [0, 0.1) is 5.92 Å². The summed E-state index contributed by atoms with van der Waals surface area (Å²) in [6.45, 7) is 3.08. The fourth-order valence-electron chi connectivity index (χ4n) is 7.32. The van der Waals surface area contributed by atoms with Gasteiger partial charge in [0, 0.05) is 56.0 Å². The number of phenolic OH excluding ortho intramolecular Hbond substituents is 1. The highest BCUT2D eigenvalue weighted by molar-refractivity contribution is 5.96. The van der Waals surface area contributed by atoms with Gasteiger partial charge in [-0.25, -0.2) is 4.79 Å². The molecule has 0 aromatic heterocycles. The van der Waals surface area contributed by atoms with Gasteiger partial charge in [-0.2, -0.15) is 0 Å². The lowest BCUT2D eigenvalue weighted by Crippen LogP contribution is -2.60. The van der Waals surface area contributed by atoms with Crippen molar-refractivity contribution in [2.24, 2.45) is 22.4 Å². The Bertz CT molecular complexity index is 1380. The smallest absolute Gasteiger partial charge is 0.415 e. The van der Waals surface area contributed by atoms with Crippen molar-refractivity contribution >= 4 is 35.6 Å². The van der Waals surface area contributed by atoms with Crippen LogP contribution in [-0.2, 0) is 31.0 Å². The molecule has 2 aliphatic carbocycles. The Morgan fingerprint density at radius 3 is 2.72 bits per heavy atom. The summed E-state index contributed by atoms with van der Waals surface area (Å²) in [5.41, 5.74) is 11.9. The number of hydrogen-bond acceptors (Lipinski definition) is 9. The lowest BCUT2D eigenvalue weighted by molar-refractivity contribution is -0.141. The molecule has 46 heavy (non-hydrogen) atoms. The Morgan fingerprint density at radius 2 is 2.02 bits per heavy atom. The average Bonchev–Trinajstić information content (AvgIpc) is 2.99. The third kappa shape index (κ3) is 7.69. The highest BCUT2D eigenvalue weighted by Crippen LogP contribution is 2.58. The number of carbonyl (C=O) groups excluding carboxylic acids is 4. The summed E-state index contributed by atoms with van der Waals surface area (Å²) in [5, 5.41) is 25.5. The van der Waals surface area contributed by atoms with Gasteiger partial charge in [-0.15, -0.1) is 0 Å². The number of amides is 3. The topological polar surface area (TPSA) is 230 Å². The maximum atomic E-state index is 13.2. The predicted octanol–water partition coefficient (Wildman–Crippen LogP) is 0.209. The number of nitrogens with zero attached hydrogens (tertiary/aromatic N) is 3. The fraction of sp³-hybridized carbons (Fsp3) is 0.613. The molecule has 15 heteroatoms. The number of rotatable bonds is 13. The molecule has 4 rings (SSSR count). The van der Waals surface area contributed by atoms with Crippen molar-refractivity contribution in [2.75, 3.05) is 39.8 Å². The molecule has 1 saturated heterocycles. The number of Topliss-reactive ketones (excluding diaryl/α,β-unsaturated/α-hetero) is 1. The SMILES string of the molecule is CCN(CCNC(=O)[C@H](CCCN=C(N)N)NC(=O)CC(=O)O)C(=O)Oc1ccc2c(c1O)[C@]13CCN(C)[C@H](C2)C1CCC(=O)C3. The van der Waals surface area contributed by atoms with Crippen molar-refractivity contribution in [1.29, 1.82) is 0 Å². The second-order valence-electron chi connectivity index (χ2n) is 12.3. The number of carbonyl (C=O) groups is 5. The summed E-state index contributed by atoms with van der Waals surface area (Å²) < 4.78 is 5.69. The number of fused-ring (bicyclic) bond motifs is 1. The zero-order valence-corrected chi connectivity index (χ0v) is 26.4. The van der Waals surface area contributed by atoms with Crippen LogP contribution in [0.25, 0.3) is 0 Å². The van der Waals surface area contributed by atoms with Crippen LogP contribution in [0.2, 0.25) is 0 Å². The van der Waals surface area contributed by atoms with Gasteiger partial charge in [0.2, 0.25) is 11.8 Å². The predicted molar refractivity (Wildman–Crippen MR) is 167 cm³/mol. The highest BCUT2D eigenvalue weighted by Gasteiger charge is 2.56. The van der Waals surface area contributed by atoms with Crippen LogP contribution < -0.4 is 26.8 Å². The Labute approximate surface area is 267 Å². The number of nitrogens with one attached hydrogen (secondary N) is 2. The minimum Gasteiger partial charge on any atom is -0.504 e. The van der Waals surface area contributed by atoms with Crippen LogP contribution in [0.5, 0.6) is 11.5 Å². The number of carboxylic acid groups (broad SMARTS) is 1. The first-order valence-electron chi connectivity index (χ1n) is 15.7. The van der Waals surface area contributed by atoms with Crippen LogP contribution in [0.15, 0.2) is 17.1 Å². The normalized spacial score (nSPS) is 22.4. The number of aliphatic imine (C=N–C) groups is 1. The van der Waals surface area contributed by atoms with E-state index in [2.05, 4.69) is 27.6 Å². The molecular weight excluding hydrogens is 598 g/mol. The molecular formula is C31H45N7O8. The number of piperidine rings is 1. The zero-order chi connectivity index (χ0) is 33.6. The molecule has 3 aliphatic rings. The van der Waals surface area contributed by atoms with Crippen molar-refractivity contribution in [1.82, 2.24) is 20.4 Å². The van der Waals surface area contributed by atoms with E-state index in [9.17, 15) is 29.1 Å². The van der Waals surface area contributed by atoms with Crippen molar-refractivity contribution in [3.63, 3.8) is 0 Å². The number of ether oxygens (including phenoxy) is 1. The summed E-state index contributed by atoms with van der Waals surface area (Å²) in [4.78, 5) is 69.3. The van der Waals surface area contributed by atoms with Gasteiger partial charge in [0.05, 0.1) is 0 Å². The summed E-state index contributed by atoms with van der Waals surface area (Å²) >= 11 is 0. The molecule has 1 aromatic rings. The fourth-order valence-corrected chi connectivity index (χ4v) is 7.32. The molecule has 8 N–H and O–H groups in total. The molecule has 2 bridgehead atoms. The van der Waals surface area contributed by atoms with Crippen molar-refractivity contribution < 1.29 is 38.9 Å². The maximum absolute atomic E-state index is 13.2. The van der Waals surface area contributed by atoms with Crippen molar-refractivity contribution in [3.8, 4) is 11.5 Å². The first-order chi connectivity index (χ1) is 21.9. The van der Waals surface area contributed by atoms with E-state index in [0.717, 1.165) is 36.9 Å². The number of guanidine groups is 1. The standard InChI is InChI=1S/C31H45N7O8/c1-3-38(14-12-34-28(44)21(5-4-11-35-29(32)33)36-24(40)16-25(41)42)30(45)46-23-9-6-18-15-22-20-8-7-19(39)17-31(20,10-13-37(22)2)26(18)27(23)43/h6,9,20-22,43H,3-5,7-8,10-17H2,1-2H3,(H,34,44)(H,36,40)(H,41,42)(H4,32,33,35)/t20?,21-,22+,31-/m0/s1. The zero-order valence-electron chi connectivity index (χ0n) is 26.4. The summed E-state index contributed by atoms with van der Waals surface area (Å²) in [6.07, 6.45) is 2.14. The third-order valence-electron chi connectivity index (χ3n) is 9.48. The lowest BCUT2D eigenvalue weighted by Gasteiger charge is -2.58. The molecule has 0 spiro atoms. The highest BCUT2D eigenvalue weighted by atomic mass is 16.6. The number of likely N-dealkylation sites (tertiary alicyclic amines) is 1. The van der Waals surface area contributed by atoms with Gasteiger partial charge in [-0.1, -0.05) is 6.07 Å². The van der Waals surface area contributed by atoms with Gasteiger partial charge in [-0.3, -0.25) is 24.2 Å². The van der Waals surface area contributed by atoms with Crippen LogP contribution in [0.4, 0.5) is 4.79 Å². The Kier molecular flexibility index (Phi) is 11.1. The van der Waals surface area contributed by atoms with E-state index in [4.69, 9.17) is 21.3 Å². The second-order valence-corrected chi connectivity index (χ2v) is 12.3. The van der Waals surface area contributed by atoms with E-state index in [1.165, 1.54) is 4.90 Å². The van der Waals surface area contributed by atoms with Gasteiger partial charge in [0.1, 0.15) is 18.2 Å². The molecule has 15 nitrogen and oxygen atoms in total. The minimum atomic E-state index is -1.33. The van der Waals surface area contributed by atoms with Gasteiger partial charge in [0.15, 0.2) is 17.5 Å². The monoisotopic (exact) mass is 643 g/mol.